The van der Waals surface area contributed by atoms with Crippen LogP contribution in [-0.2, 0) is 9.53 Å². The Balaban J connectivity index is 2.51. The van der Waals surface area contributed by atoms with Gasteiger partial charge in [-0.2, -0.15) is 0 Å². The summed E-state index contributed by atoms with van der Waals surface area (Å²) in [5, 5.41) is 12.8. The van der Waals surface area contributed by atoms with Crippen LogP contribution in [0.3, 0.4) is 0 Å². The molecule has 0 aromatic carbocycles. The Morgan fingerprint density at radius 2 is 2.26 bits per heavy atom. The number of nitrogens with one attached hydrogen (secondary N) is 1. The summed E-state index contributed by atoms with van der Waals surface area (Å²) < 4.78 is 5.88. The van der Waals surface area contributed by atoms with Gasteiger partial charge in [0.05, 0.1) is 6.10 Å². The molecule has 0 spiro atoms. The molecular formula is C15H29NO3. The summed E-state index contributed by atoms with van der Waals surface area (Å²) in [5.41, 5.74) is -0.767. The van der Waals surface area contributed by atoms with Gasteiger partial charge >= 0.3 is 5.97 Å². The van der Waals surface area contributed by atoms with E-state index in [-0.39, 0.29) is 6.10 Å². The van der Waals surface area contributed by atoms with Crippen molar-refractivity contribution in [2.24, 2.45) is 5.92 Å². The maximum Gasteiger partial charge on any atom is 0.323 e. The molecule has 112 valence electrons. The minimum absolute atomic E-state index is 0.0907. The first kappa shape index (κ1) is 16.4. The highest BCUT2D eigenvalue weighted by Gasteiger charge is 2.42. The van der Waals surface area contributed by atoms with Crippen LogP contribution in [0.5, 0.6) is 0 Å². The van der Waals surface area contributed by atoms with E-state index in [1.165, 1.54) is 0 Å². The third-order valence-electron chi connectivity index (χ3n) is 3.88. The molecule has 2 N–H and O–H groups in total. The third-order valence-corrected chi connectivity index (χ3v) is 3.88. The molecule has 1 rings (SSSR count). The SMILES string of the molecule is CCCNC1(C(=O)O)CCCC(OCCC(C)C)C1. The summed E-state index contributed by atoms with van der Waals surface area (Å²) in [7, 11) is 0. The van der Waals surface area contributed by atoms with Crippen molar-refractivity contribution in [3.05, 3.63) is 0 Å². The zero-order chi connectivity index (χ0) is 14.3. The molecule has 0 aliphatic heterocycles. The Kier molecular flexibility index (Phi) is 6.80. The van der Waals surface area contributed by atoms with Gasteiger partial charge in [-0.3, -0.25) is 4.79 Å². The minimum atomic E-state index is -0.767. The number of carboxylic acid groups (broad SMARTS) is 1. The van der Waals surface area contributed by atoms with Gasteiger partial charge in [0.15, 0.2) is 0 Å². The van der Waals surface area contributed by atoms with Crippen molar-refractivity contribution >= 4 is 5.97 Å². The average molecular weight is 271 g/mol. The fraction of sp³-hybridized carbons (Fsp3) is 0.933. The van der Waals surface area contributed by atoms with Gasteiger partial charge in [-0.1, -0.05) is 20.8 Å². The first-order valence-corrected chi connectivity index (χ1v) is 7.60. The number of ether oxygens (including phenoxy) is 1. The van der Waals surface area contributed by atoms with Crippen molar-refractivity contribution in [2.75, 3.05) is 13.2 Å². The predicted molar refractivity (Wildman–Crippen MR) is 76.3 cm³/mol. The van der Waals surface area contributed by atoms with Crippen molar-refractivity contribution in [3.63, 3.8) is 0 Å². The molecule has 1 aliphatic rings. The van der Waals surface area contributed by atoms with Gasteiger partial charge < -0.3 is 15.2 Å². The van der Waals surface area contributed by atoms with Gasteiger partial charge in [0.1, 0.15) is 5.54 Å². The molecule has 0 saturated heterocycles. The quantitative estimate of drug-likeness (QED) is 0.712. The van der Waals surface area contributed by atoms with E-state index in [4.69, 9.17) is 4.74 Å². The molecule has 0 amide bonds. The van der Waals surface area contributed by atoms with E-state index in [9.17, 15) is 9.90 Å². The Labute approximate surface area is 116 Å². The second-order valence-corrected chi connectivity index (χ2v) is 6.09. The summed E-state index contributed by atoms with van der Waals surface area (Å²) in [5.74, 6) is -0.0934. The molecule has 2 unspecified atom stereocenters. The summed E-state index contributed by atoms with van der Waals surface area (Å²) in [4.78, 5) is 11.6. The summed E-state index contributed by atoms with van der Waals surface area (Å²) >= 11 is 0. The van der Waals surface area contributed by atoms with Gasteiger partial charge in [0, 0.05) is 13.0 Å². The fourth-order valence-electron chi connectivity index (χ4n) is 2.63. The fourth-order valence-corrected chi connectivity index (χ4v) is 2.63. The molecule has 4 heteroatoms. The van der Waals surface area contributed by atoms with Gasteiger partial charge in [0.2, 0.25) is 0 Å². The lowest BCUT2D eigenvalue weighted by atomic mass is 9.80. The van der Waals surface area contributed by atoms with E-state index < -0.39 is 11.5 Å². The zero-order valence-corrected chi connectivity index (χ0v) is 12.6. The van der Waals surface area contributed by atoms with E-state index in [2.05, 4.69) is 26.1 Å². The maximum atomic E-state index is 11.6. The smallest absolute Gasteiger partial charge is 0.323 e. The van der Waals surface area contributed by atoms with E-state index in [0.717, 1.165) is 38.8 Å². The van der Waals surface area contributed by atoms with Crippen LogP contribution >= 0.6 is 0 Å². The van der Waals surface area contributed by atoms with Gasteiger partial charge in [0.25, 0.3) is 0 Å². The molecule has 0 aromatic heterocycles. The summed E-state index contributed by atoms with van der Waals surface area (Å²) in [6, 6.07) is 0. The van der Waals surface area contributed by atoms with Crippen molar-refractivity contribution in [1.29, 1.82) is 0 Å². The van der Waals surface area contributed by atoms with E-state index in [1.54, 1.807) is 0 Å². The Hall–Kier alpha value is -0.610. The number of carbonyl (C=O) groups is 1. The number of hydrogen-bond donors (Lipinski definition) is 2. The van der Waals surface area contributed by atoms with Crippen LogP contribution in [0.2, 0.25) is 0 Å². The summed E-state index contributed by atoms with van der Waals surface area (Å²) in [6.45, 7) is 7.90. The Morgan fingerprint density at radius 3 is 2.84 bits per heavy atom. The molecule has 0 radical (unpaired) electrons. The molecule has 4 nitrogen and oxygen atoms in total. The molecule has 1 aliphatic carbocycles. The Bertz CT molecular complexity index is 281. The van der Waals surface area contributed by atoms with Crippen LogP contribution in [0.15, 0.2) is 0 Å². The normalized spacial score (nSPS) is 27.7. The van der Waals surface area contributed by atoms with Crippen LogP contribution in [0.4, 0.5) is 0 Å². The highest BCUT2D eigenvalue weighted by molar-refractivity contribution is 5.79. The molecule has 19 heavy (non-hydrogen) atoms. The van der Waals surface area contributed by atoms with Gasteiger partial charge in [-0.25, -0.2) is 0 Å². The highest BCUT2D eigenvalue weighted by atomic mass is 16.5. The molecular weight excluding hydrogens is 242 g/mol. The topological polar surface area (TPSA) is 58.6 Å². The molecule has 0 aromatic rings. The number of carboxylic acids is 1. The predicted octanol–water partition coefficient (Wildman–Crippen LogP) is 2.81. The highest BCUT2D eigenvalue weighted by Crippen LogP contribution is 2.30. The second-order valence-electron chi connectivity index (χ2n) is 6.09. The zero-order valence-electron chi connectivity index (χ0n) is 12.6. The van der Waals surface area contributed by atoms with Crippen molar-refractivity contribution < 1.29 is 14.6 Å². The Morgan fingerprint density at radius 1 is 1.53 bits per heavy atom. The van der Waals surface area contributed by atoms with Crippen LogP contribution < -0.4 is 5.32 Å². The first-order valence-electron chi connectivity index (χ1n) is 7.60. The largest absolute Gasteiger partial charge is 0.480 e. The van der Waals surface area contributed by atoms with Crippen molar-refractivity contribution in [2.45, 2.75) is 70.9 Å². The van der Waals surface area contributed by atoms with Crippen LogP contribution in [0.1, 0.15) is 59.3 Å². The lowest BCUT2D eigenvalue weighted by Gasteiger charge is -2.38. The minimum Gasteiger partial charge on any atom is -0.480 e. The van der Waals surface area contributed by atoms with Crippen LogP contribution in [-0.4, -0.2) is 35.9 Å². The van der Waals surface area contributed by atoms with Crippen LogP contribution in [0, 0.1) is 5.92 Å². The lowest BCUT2D eigenvalue weighted by molar-refractivity contribution is -0.149. The van der Waals surface area contributed by atoms with Crippen LogP contribution in [0.25, 0.3) is 0 Å². The molecule has 0 bridgehead atoms. The number of aliphatic carboxylic acids is 1. The average Bonchev–Trinajstić information content (AvgIpc) is 2.36. The molecule has 1 fully saturated rings. The van der Waals surface area contributed by atoms with Crippen molar-refractivity contribution in [1.82, 2.24) is 5.32 Å². The number of rotatable bonds is 8. The van der Waals surface area contributed by atoms with Gasteiger partial charge in [-0.05, 0) is 44.6 Å². The van der Waals surface area contributed by atoms with Crippen molar-refractivity contribution in [3.8, 4) is 0 Å². The maximum absolute atomic E-state index is 11.6. The molecule has 1 saturated carbocycles. The monoisotopic (exact) mass is 271 g/mol. The van der Waals surface area contributed by atoms with E-state index in [1.807, 2.05) is 0 Å². The third kappa shape index (κ3) is 5.11. The summed E-state index contributed by atoms with van der Waals surface area (Å²) in [6.07, 6.45) is 5.31. The molecule has 2 atom stereocenters. The molecule has 0 heterocycles. The standard InChI is InChI=1S/C15H29NO3/c1-4-9-16-15(14(17)18)8-5-6-13(11-15)19-10-7-12(2)3/h12-13,16H,4-11H2,1-3H3,(H,17,18). The number of hydrogen-bond acceptors (Lipinski definition) is 3. The van der Waals surface area contributed by atoms with Gasteiger partial charge in [-0.15, -0.1) is 0 Å². The second kappa shape index (κ2) is 7.85. The lowest BCUT2D eigenvalue weighted by Crippen LogP contribution is -2.56. The van der Waals surface area contributed by atoms with E-state index >= 15 is 0 Å². The first-order chi connectivity index (χ1) is 9.00. The van der Waals surface area contributed by atoms with E-state index in [0.29, 0.717) is 18.8 Å².